The summed E-state index contributed by atoms with van der Waals surface area (Å²) in [6, 6.07) is 6.79. The van der Waals surface area contributed by atoms with Crippen molar-refractivity contribution in [2.24, 2.45) is 0 Å². The maximum atomic E-state index is 11.7. The van der Waals surface area contributed by atoms with Crippen molar-refractivity contribution in [3.05, 3.63) is 29.3 Å². The quantitative estimate of drug-likeness (QED) is 0.788. The summed E-state index contributed by atoms with van der Waals surface area (Å²) in [6.07, 6.45) is 0.244. The third kappa shape index (κ3) is 2.65. The van der Waals surface area contributed by atoms with E-state index in [-0.39, 0.29) is 6.03 Å². The molecular formula is C11H13ClN2O2. The Morgan fingerprint density at radius 2 is 2.38 bits per heavy atom. The molecule has 4 nitrogen and oxygen atoms in total. The molecule has 2 N–H and O–H groups in total. The highest BCUT2D eigenvalue weighted by Crippen LogP contribution is 2.16. The number of rotatable bonds is 1. The van der Waals surface area contributed by atoms with Gasteiger partial charge in [-0.05, 0) is 24.6 Å². The fraction of sp³-hybridized carbons (Fsp3) is 0.364. The van der Waals surface area contributed by atoms with Gasteiger partial charge in [-0.2, -0.15) is 0 Å². The molecule has 2 amide bonds. The lowest BCUT2D eigenvalue weighted by Crippen LogP contribution is -2.33. The summed E-state index contributed by atoms with van der Waals surface area (Å²) in [6.45, 7) is 0.986. The molecule has 0 bridgehead atoms. The number of hydrogen-bond acceptors (Lipinski definition) is 2. The predicted octanol–water partition coefficient (Wildman–Crippen LogP) is 1.94. The van der Waals surface area contributed by atoms with E-state index in [1.165, 1.54) is 0 Å². The Morgan fingerprint density at radius 3 is 3.00 bits per heavy atom. The first-order valence-corrected chi connectivity index (χ1v) is 5.52. The number of carbonyl (C=O) groups is 1. The Morgan fingerprint density at radius 1 is 1.56 bits per heavy atom. The molecule has 0 aromatic heterocycles. The van der Waals surface area contributed by atoms with Gasteiger partial charge in [0.1, 0.15) is 0 Å². The average molecular weight is 241 g/mol. The highest BCUT2D eigenvalue weighted by atomic mass is 35.5. The number of β-amino-alcohol motifs (C(OH)–C–C–N with tert-alkyl or cyclic N) is 1. The number of nitrogens with one attached hydrogen (secondary N) is 1. The molecule has 1 aromatic carbocycles. The van der Waals surface area contributed by atoms with Crippen molar-refractivity contribution in [1.29, 1.82) is 0 Å². The lowest BCUT2D eigenvalue weighted by atomic mass is 10.3. The van der Waals surface area contributed by atoms with Crippen LogP contribution in [0.3, 0.4) is 0 Å². The SMILES string of the molecule is O=C(Nc1cccc(Cl)c1)N1CCC(O)C1. The second-order valence-electron chi connectivity index (χ2n) is 3.83. The van der Waals surface area contributed by atoms with Crippen LogP contribution >= 0.6 is 11.6 Å². The van der Waals surface area contributed by atoms with E-state index in [0.717, 1.165) is 0 Å². The first-order valence-electron chi connectivity index (χ1n) is 5.15. The summed E-state index contributed by atoms with van der Waals surface area (Å²) in [7, 11) is 0. The Bertz CT molecular complexity index is 397. The third-order valence-corrected chi connectivity index (χ3v) is 2.76. The van der Waals surface area contributed by atoms with Crippen molar-refractivity contribution >= 4 is 23.3 Å². The Kier molecular flexibility index (Phi) is 3.31. The first kappa shape index (κ1) is 11.2. The van der Waals surface area contributed by atoms with E-state index in [1.807, 2.05) is 0 Å². The van der Waals surface area contributed by atoms with Crippen LogP contribution in [-0.2, 0) is 0 Å². The molecule has 0 radical (unpaired) electrons. The third-order valence-electron chi connectivity index (χ3n) is 2.53. The summed E-state index contributed by atoms with van der Waals surface area (Å²) in [5.74, 6) is 0. The molecule has 5 heteroatoms. The number of likely N-dealkylation sites (tertiary alicyclic amines) is 1. The van der Waals surface area contributed by atoms with Gasteiger partial charge in [0.15, 0.2) is 0 Å². The van der Waals surface area contributed by atoms with Gasteiger partial charge in [-0.3, -0.25) is 0 Å². The van der Waals surface area contributed by atoms with Gasteiger partial charge >= 0.3 is 6.03 Å². The molecule has 16 heavy (non-hydrogen) atoms. The number of halogens is 1. The highest BCUT2D eigenvalue weighted by molar-refractivity contribution is 6.30. The second kappa shape index (κ2) is 4.72. The number of anilines is 1. The van der Waals surface area contributed by atoms with Gasteiger partial charge in [0.25, 0.3) is 0 Å². The molecule has 1 unspecified atom stereocenters. The Labute approximate surface area is 98.8 Å². The van der Waals surface area contributed by atoms with Gasteiger partial charge in [-0.15, -0.1) is 0 Å². The van der Waals surface area contributed by atoms with Crippen LogP contribution in [0.25, 0.3) is 0 Å². The second-order valence-corrected chi connectivity index (χ2v) is 4.27. The maximum absolute atomic E-state index is 11.7. The van der Waals surface area contributed by atoms with Crippen molar-refractivity contribution < 1.29 is 9.90 Å². The molecule has 1 atom stereocenters. The van der Waals surface area contributed by atoms with Gasteiger partial charge in [0.05, 0.1) is 6.10 Å². The minimum Gasteiger partial charge on any atom is -0.391 e. The van der Waals surface area contributed by atoms with E-state index < -0.39 is 6.10 Å². The molecule has 1 aromatic rings. The van der Waals surface area contributed by atoms with E-state index in [9.17, 15) is 9.90 Å². The monoisotopic (exact) mass is 240 g/mol. The zero-order valence-corrected chi connectivity index (χ0v) is 9.44. The maximum Gasteiger partial charge on any atom is 0.321 e. The molecule has 0 saturated carbocycles. The molecule has 1 heterocycles. The molecule has 1 fully saturated rings. The Balaban J connectivity index is 1.97. The molecule has 2 rings (SSSR count). The number of hydrogen-bond donors (Lipinski definition) is 2. The van der Waals surface area contributed by atoms with Gasteiger partial charge in [0, 0.05) is 23.8 Å². The van der Waals surface area contributed by atoms with Gasteiger partial charge in [0.2, 0.25) is 0 Å². The van der Waals surface area contributed by atoms with E-state index >= 15 is 0 Å². The van der Waals surface area contributed by atoms with E-state index in [1.54, 1.807) is 29.2 Å². The van der Waals surface area contributed by atoms with E-state index in [4.69, 9.17) is 11.6 Å². The highest BCUT2D eigenvalue weighted by Gasteiger charge is 2.24. The lowest BCUT2D eigenvalue weighted by Gasteiger charge is -2.16. The number of amides is 2. The number of aliphatic hydroxyl groups is 1. The summed E-state index contributed by atoms with van der Waals surface area (Å²) < 4.78 is 0. The topological polar surface area (TPSA) is 52.6 Å². The van der Waals surface area contributed by atoms with Crippen LogP contribution in [0.1, 0.15) is 6.42 Å². The molecule has 0 aliphatic carbocycles. The van der Waals surface area contributed by atoms with Gasteiger partial charge in [-0.1, -0.05) is 17.7 Å². The predicted molar refractivity (Wildman–Crippen MR) is 62.7 cm³/mol. The Hall–Kier alpha value is -1.26. The normalized spacial score (nSPS) is 19.9. The first-order chi connectivity index (χ1) is 7.65. The van der Waals surface area contributed by atoms with Crippen molar-refractivity contribution in [1.82, 2.24) is 4.90 Å². The van der Waals surface area contributed by atoms with Crippen LogP contribution < -0.4 is 5.32 Å². The van der Waals surface area contributed by atoms with Crippen molar-refractivity contribution in [2.45, 2.75) is 12.5 Å². The zero-order valence-electron chi connectivity index (χ0n) is 8.69. The van der Waals surface area contributed by atoms with Gasteiger partial charge in [-0.25, -0.2) is 4.79 Å². The summed E-state index contributed by atoms with van der Waals surface area (Å²) in [5.41, 5.74) is 0.666. The van der Waals surface area contributed by atoms with Crippen LogP contribution in [0.5, 0.6) is 0 Å². The average Bonchev–Trinajstić information content (AvgIpc) is 2.65. The standard InChI is InChI=1S/C11H13ClN2O2/c12-8-2-1-3-9(6-8)13-11(16)14-5-4-10(15)7-14/h1-3,6,10,15H,4-5,7H2,(H,13,16). The van der Waals surface area contributed by atoms with Crippen LogP contribution in [0, 0.1) is 0 Å². The van der Waals surface area contributed by atoms with Crippen LogP contribution in [-0.4, -0.2) is 35.2 Å². The summed E-state index contributed by atoms with van der Waals surface area (Å²) in [4.78, 5) is 13.3. The van der Waals surface area contributed by atoms with E-state index in [0.29, 0.717) is 30.2 Å². The van der Waals surface area contributed by atoms with E-state index in [2.05, 4.69) is 5.32 Å². The van der Waals surface area contributed by atoms with Crippen molar-refractivity contribution in [2.75, 3.05) is 18.4 Å². The number of benzene rings is 1. The minimum atomic E-state index is -0.398. The summed E-state index contributed by atoms with van der Waals surface area (Å²) >= 11 is 5.81. The van der Waals surface area contributed by atoms with Crippen molar-refractivity contribution in [3.8, 4) is 0 Å². The number of urea groups is 1. The van der Waals surface area contributed by atoms with Crippen LogP contribution in [0.2, 0.25) is 5.02 Å². The lowest BCUT2D eigenvalue weighted by molar-refractivity contribution is 0.176. The smallest absolute Gasteiger partial charge is 0.321 e. The van der Waals surface area contributed by atoms with Gasteiger partial charge < -0.3 is 15.3 Å². The molecular weight excluding hydrogens is 228 g/mol. The fourth-order valence-corrected chi connectivity index (χ4v) is 1.89. The molecule has 1 aliphatic rings. The van der Waals surface area contributed by atoms with Crippen molar-refractivity contribution in [3.63, 3.8) is 0 Å². The fourth-order valence-electron chi connectivity index (χ4n) is 1.70. The largest absolute Gasteiger partial charge is 0.391 e. The molecule has 0 spiro atoms. The number of carbonyl (C=O) groups excluding carboxylic acids is 1. The number of nitrogens with zero attached hydrogens (tertiary/aromatic N) is 1. The molecule has 1 saturated heterocycles. The minimum absolute atomic E-state index is 0.196. The summed E-state index contributed by atoms with van der Waals surface area (Å²) in [5, 5.41) is 12.6. The molecule has 86 valence electrons. The van der Waals surface area contributed by atoms with Crippen LogP contribution in [0.15, 0.2) is 24.3 Å². The molecule has 1 aliphatic heterocycles. The zero-order chi connectivity index (χ0) is 11.5. The van der Waals surface area contributed by atoms with Crippen LogP contribution in [0.4, 0.5) is 10.5 Å². The number of aliphatic hydroxyl groups excluding tert-OH is 1.